The summed E-state index contributed by atoms with van der Waals surface area (Å²) in [7, 11) is 0. The molecule has 1 aliphatic heterocycles. The van der Waals surface area contributed by atoms with Crippen molar-refractivity contribution in [3.63, 3.8) is 0 Å². The SMILES string of the molecule is CC1CNc2ncc(Br)cc21. The average molecular weight is 213 g/mol. The Morgan fingerprint density at radius 1 is 1.73 bits per heavy atom. The summed E-state index contributed by atoms with van der Waals surface area (Å²) in [6.07, 6.45) is 1.82. The first kappa shape index (κ1) is 7.10. The van der Waals surface area contributed by atoms with Crippen LogP contribution in [0, 0.1) is 0 Å². The zero-order valence-electron chi connectivity index (χ0n) is 6.26. The first-order chi connectivity index (χ1) is 5.27. The second kappa shape index (κ2) is 2.48. The molecule has 0 aliphatic carbocycles. The van der Waals surface area contributed by atoms with Crippen molar-refractivity contribution in [3.05, 3.63) is 22.3 Å². The summed E-state index contributed by atoms with van der Waals surface area (Å²) in [5, 5.41) is 3.25. The number of aromatic nitrogens is 1. The zero-order valence-corrected chi connectivity index (χ0v) is 7.85. The number of hydrogen-bond donors (Lipinski definition) is 1. The molecule has 2 nitrogen and oxygen atoms in total. The molecule has 0 saturated heterocycles. The minimum Gasteiger partial charge on any atom is -0.369 e. The maximum Gasteiger partial charge on any atom is 0.129 e. The Morgan fingerprint density at radius 2 is 2.55 bits per heavy atom. The molecule has 2 rings (SSSR count). The average Bonchev–Trinajstić information content (AvgIpc) is 2.33. The second-order valence-corrected chi connectivity index (χ2v) is 3.79. The van der Waals surface area contributed by atoms with Gasteiger partial charge in [-0.1, -0.05) is 6.92 Å². The largest absolute Gasteiger partial charge is 0.369 e. The van der Waals surface area contributed by atoms with Gasteiger partial charge in [0.05, 0.1) is 0 Å². The van der Waals surface area contributed by atoms with Crippen molar-refractivity contribution in [2.45, 2.75) is 12.8 Å². The van der Waals surface area contributed by atoms with E-state index in [1.54, 1.807) is 0 Å². The molecule has 1 atom stereocenters. The van der Waals surface area contributed by atoms with E-state index in [0.29, 0.717) is 5.92 Å². The molecule has 1 aliphatic rings. The Hall–Kier alpha value is -0.570. The van der Waals surface area contributed by atoms with Crippen LogP contribution >= 0.6 is 15.9 Å². The summed E-state index contributed by atoms with van der Waals surface area (Å²) in [5.74, 6) is 1.63. The molecule has 3 heteroatoms. The van der Waals surface area contributed by atoms with Gasteiger partial charge in [-0.05, 0) is 22.0 Å². The number of rotatable bonds is 0. The maximum atomic E-state index is 4.25. The Balaban J connectivity index is 2.52. The van der Waals surface area contributed by atoms with E-state index in [1.807, 2.05) is 6.20 Å². The highest BCUT2D eigenvalue weighted by Crippen LogP contribution is 2.30. The number of nitrogens with one attached hydrogen (secondary N) is 1. The minimum atomic E-state index is 0.593. The summed E-state index contributed by atoms with van der Waals surface area (Å²) < 4.78 is 1.06. The van der Waals surface area contributed by atoms with E-state index < -0.39 is 0 Å². The highest BCUT2D eigenvalue weighted by Gasteiger charge is 2.18. The lowest BCUT2D eigenvalue weighted by Gasteiger charge is -2.00. The highest BCUT2D eigenvalue weighted by molar-refractivity contribution is 9.10. The minimum absolute atomic E-state index is 0.593. The van der Waals surface area contributed by atoms with Gasteiger partial charge in [0.15, 0.2) is 0 Å². The molecule has 0 bridgehead atoms. The van der Waals surface area contributed by atoms with Crippen LogP contribution in [0.4, 0.5) is 5.82 Å². The van der Waals surface area contributed by atoms with E-state index in [-0.39, 0.29) is 0 Å². The number of fused-ring (bicyclic) bond motifs is 1. The maximum absolute atomic E-state index is 4.25. The van der Waals surface area contributed by atoms with E-state index in [0.717, 1.165) is 16.8 Å². The lowest BCUT2D eigenvalue weighted by Crippen LogP contribution is -1.96. The summed E-state index contributed by atoms with van der Waals surface area (Å²) in [4.78, 5) is 4.25. The molecule has 0 radical (unpaired) electrons. The van der Waals surface area contributed by atoms with Crippen LogP contribution in [0.3, 0.4) is 0 Å². The molecule has 0 spiro atoms. The van der Waals surface area contributed by atoms with Gasteiger partial charge in [-0.15, -0.1) is 0 Å². The molecular formula is C8H9BrN2. The lowest BCUT2D eigenvalue weighted by atomic mass is 10.1. The van der Waals surface area contributed by atoms with Crippen molar-refractivity contribution >= 4 is 21.7 Å². The van der Waals surface area contributed by atoms with Crippen LogP contribution in [0.15, 0.2) is 16.7 Å². The predicted molar refractivity (Wildman–Crippen MR) is 48.8 cm³/mol. The van der Waals surface area contributed by atoms with Gasteiger partial charge < -0.3 is 5.32 Å². The number of hydrogen-bond acceptors (Lipinski definition) is 2. The highest BCUT2D eigenvalue weighted by atomic mass is 79.9. The van der Waals surface area contributed by atoms with E-state index >= 15 is 0 Å². The van der Waals surface area contributed by atoms with Gasteiger partial charge in [-0.3, -0.25) is 0 Å². The molecule has 1 unspecified atom stereocenters. The topological polar surface area (TPSA) is 24.9 Å². The molecule has 0 fully saturated rings. The standard InChI is InChI=1S/C8H9BrN2/c1-5-3-10-8-7(5)2-6(9)4-11-8/h2,4-5H,3H2,1H3,(H,10,11). The molecule has 0 amide bonds. The predicted octanol–water partition coefficient (Wildman–Crippen LogP) is 2.37. The van der Waals surface area contributed by atoms with Crippen molar-refractivity contribution in [1.82, 2.24) is 4.98 Å². The zero-order chi connectivity index (χ0) is 7.84. The van der Waals surface area contributed by atoms with Crippen molar-refractivity contribution in [1.29, 1.82) is 0 Å². The van der Waals surface area contributed by atoms with E-state index in [4.69, 9.17) is 0 Å². The van der Waals surface area contributed by atoms with Gasteiger partial charge in [0.25, 0.3) is 0 Å². The fourth-order valence-corrected chi connectivity index (χ4v) is 1.69. The molecule has 11 heavy (non-hydrogen) atoms. The summed E-state index contributed by atoms with van der Waals surface area (Å²) >= 11 is 3.40. The van der Waals surface area contributed by atoms with Crippen LogP contribution in [-0.4, -0.2) is 11.5 Å². The lowest BCUT2D eigenvalue weighted by molar-refractivity contribution is 0.853. The van der Waals surface area contributed by atoms with Gasteiger partial charge in [0.1, 0.15) is 5.82 Å². The molecule has 58 valence electrons. The third kappa shape index (κ3) is 1.13. The first-order valence-electron chi connectivity index (χ1n) is 3.66. The number of halogens is 1. The van der Waals surface area contributed by atoms with Crippen molar-refractivity contribution in [3.8, 4) is 0 Å². The molecule has 1 aromatic heterocycles. The third-order valence-electron chi connectivity index (χ3n) is 1.99. The second-order valence-electron chi connectivity index (χ2n) is 2.87. The van der Waals surface area contributed by atoms with Gasteiger partial charge in [-0.25, -0.2) is 4.98 Å². The first-order valence-corrected chi connectivity index (χ1v) is 4.46. The van der Waals surface area contributed by atoms with Crippen molar-refractivity contribution in [2.24, 2.45) is 0 Å². The summed E-state index contributed by atoms with van der Waals surface area (Å²) in [6.45, 7) is 3.21. The summed E-state index contributed by atoms with van der Waals surface area (Å²) in [5.41, 5.74) is 1.32. The Morgan fingerprint density at radius 3 is 3.36 bits per heavy atom. The fraction of sp³-hybridized carbons (Fsp3) is 0.375. The number of pyridine rings is 1. The van der Waals surface area contributed by atoms with Crippen molar-refractivity contribution < 1.29 is 0 Å². The van der Waals surface area contributed by atoms with E-state index in [2.05, 4.69) is 39.2 Å². The van der Waals surface area contributed by atoms with Crippen LogP contribution in [0.25, 0.3) is 0 Å². The Labute approximate surface area is 74.2 Å². The third-order valence-corrected chi connectivity index (χ3v) is 2.42. The molecule has 1 aromatic rings. The van der Waals surface area contributed by atoms with E-state index in [9.17, 15) is 0 Å². The van der Waals surface area contributed by atoms with Crippen molar-refractivity contribution in [2.75, 3.05) is 11.9 Å². The smallest absolute Gasteiger partial charge is 0.129 e. The van der Waals surface area contributed by atoms with Crippen LogP contribution in [0.2, 0.25) is 0 Å². The Bertz CT molecular complexity index is 285. The fourth-order valence-electron chi connectivity index (χ4n) is 1.34. The molecule has 2 heterocycles. The number of nitrogens with zero attached hydrogens (tertiary/aromatic N) is 1. The molecule has 0 saturated carbocycles. The van der Waals surface area contributed by atoms with Crippen LogP contribution in [0.1, 0.15) is 18.4 Å². The molecule has 0 aromatic carbocycles. The van der Waals surface area contributed by atoms with E-state index in [1.165, 1.54) is 5.56 Å². The van der Waals surface area contributed by atoms with Gasteiger partial charge >= 0.3 is 0 Å². The van der Waals surface area contributed by atoms with Gasteiger partial charge in [-0.2, -0.15) is 0 Å². The summed E-state index contributed by atoms with van der Waals surface area (Å²) in [6, 6.07) is 2.13. The van der Waals surface area contributed by atoms with Crippen LogP contribution in [0.5, 0.6) is 0 Å². The quantitative estimate of drug-likeness (QED) is 0.715. The van der Waals surface area contributed by atoms with Crippen LogP contribution in [-0.2, 0) is 0 Å². The molecule has 1 N–H and O–H groups in total. The van der Waals surface area contributed by atoms with Gasteiger partial charge in [0.2, 0.25) is 0 Å². The Kier molecular flexibility index (Phi) is 1.60. The monoisotopic (exact) mass is 212 g/mol. The van der Waals surface area contributed by atoms with Gasteiger partial charge in [0, 0.05) is 28.7 Å². The van der Waals surface area contributed by atoms with Crippen LogP contribution < -0.4 is 5.32 Å². The molecular weight excluding hydrogens is 204 g/mol. The number of anilines is 1. The normalized spacial score (nSPS) is 21.1.